The molecule has 14 heavy (non-hydrogen) atoms. The van der Waals surface area contributed by atoms with Gasteiger partial charge in [-0.3, -0.25) is 9.78 Å². The third kappa shape index (κ3) is 1.84. The Morgan fingerprint density at radius 2 is 2.00 bits per heavy atom. The Kier molecular flexibility index (Phi) is 3.06. The van der Waals surface area contributed by atoms with Crippen LogP contribution in [-0.4, -0.2) is 19.2 Å². The highest BCUT2D eigenvalue weighted by Crippen LogP contribution is 2.27. The number of methoxy groups -OCH3 is 2. The van der Waals surface area contributed by atoms with Crippen molar-refractivity contribution in [3.05, 3.63) is 22.0 Å². The molecule has 1 N–H and O–H groups in total. The van der Waals surface area contributed by atoms with Crippen molar-refractivity contribution in [2.24, 2.45) is 0 Å². The van der Waals surface area contributed by atoms with Gasteiger partial charge < -0.3 is 9.47 Å². The van der Waals surface area contributed by atoms with Crippen LogP contribution in [0.15, 0.2) is 10.9 Å². The molecule has 0 saturated carbocycles. The number of ether oxygens (including phenoxy) is 2. The molecule has 6 heteroatoms. The van der Waals surface area contributed by atoms with Gasteiger partial charge in [0.2, 0.25) is 0 Å². The number of rotatable bonds is 3. The van der Waals surface area contributed by atoms with Crippen molar-refractivity contribution >= 4 is 0 Å². The summed E-state index contributed by atoms with van der Waals surface area (Å²) >= 11 is 0. The van der Waals surface area contributed by atoms with E-state index in [0.29, 0.717) is 0 Å². The Balaban J connectivity index is 3.35. The molecule has 0 amide bonds. The Morgan fingerprint density at radius 3 is 2.43 bits per heavy atom. The second kappa shape index (κ2) is 4.08. The molecule has 0 aromatic carbocycles. The van der Waals surface area contributed by atoms with Crippen LogP contribution in [0.4, 0.5) is 8.78 Å². The first-order valence-corrected chi connectivity index (χ1v) is 3.73. The van der Waals surface area contributed by atoms with Gasteiger partial charge in [-0.15, -0.1) is 0 Å². The average Bonchev–Trinajstić information content (AvgIpc) is 2.15. The lowest BCUT2D eigenvalue weighted by atomic mass is 10.2. The quantitative estimate of drug-likeness (QED) is 0.809. The van der Waals surface area contributed by atoms with E-state index < -0.39 is 17.5 Å². The molecule has 0 saturated heterocycles. The molecule has 0 fully saturated rings. The van der Waals surface area contributed by atoms with Gasteiger partial charge in [0.15, 0.2) is 5.88 Å². The van der Waals surface area contributed by atoms with Crippen LogP contribution in [0.3, 0.4) is 0 Å². The molecule has 0 aliphatic carbocycles. The number of pyridine rings is 1. The first kappa shape index (κ1) is 10.5. The summed E-state index contributed by atoms with van der Waals surface area (Å²) in [4.78, 5) is 13.3. The maximum atomic E-state index is 12.4. The third-order valence-electron chi connectivity index (χ3n) is 1.67. The monoisotopic (exact) mass is 205 g/mol. The number of alkyl halides is 2. The van der Waals surface area contributed by atoms with E-state index in [1.807, 2.05) is 0 Å². The summed E-state index contributed by atoms with van der Waals surface area (Å²) in [6, 6.07) is 1.20. The summed E-state index contributed by atoms with van der Waals surface area (Å²) in [7, 11) is 2.52. The molecule has 4 nitrogen and oxygen atoms in total. The molecular formula is C8H9F2NO3. The molecule has 1 heterocycles. The number of nitrogens with one attached hydrogen (secondary N) is 1. The van der Waals surface area contributed by atoms with Crippen LogP contribution in [-0.2, 0) is 0 Å². The maximum absolute atomic E-state index is 12.4. The van der Waals surface area contributed by atoms with Gasteiger partial charge in [-0.25, -0.2) is 8.78 Å². The Morgan fingerprint density at radius 1 is 1.36 bits per heavy atom. The molecule has 1 aromatic heterocycles. The average molecular weight is 205 g/mol. The van der Waals surface area contributed by atoms with Crippen LogP contribution in [0.5, 0.6) is 11.6 Å². The van der Waals surface area contributed by atoms with Crippen LogP contribution >= 0.6 is 0 Å². The van der Waals surface area contributed by atoms with Crippen molar-refractivity contribution in [3.63, 3.8) is 0 Å². The minimum atomic E-state index is -2.88. The zero-order valence-corrected chi connectivity index (χ0v) is 7.64. The zero-order chi connectivity index (χ0) is 10.7. The largest absolute Gasteiger partial charge is 0.496 e. The van der Waals surface area contributed by atoms with E-state index in [2.05, 4.69) is 9.72 Å². The van der Waals surface area contributed by atoms with Crippen molar-refractivity contribution in [1.29, 1.82) is 0 Å². The minimum Gasteiger partial charge on any atom is -0.496 e. The lowest BCUT2D eigenvalue weighted by molar-refractivity contribution is 0.145. The van der Waals surface area contributed by atoms with E-state index in [1.165, 1.54) is 20.3 Å². The summed E-state index contributed by atoms with van der Waals surface area (Å²) in [5.74, 6) is -0.100. The second-order valence-corrected chi connectivity index (χ2v) is 2.45. The summed E-state index contributed by atoms with van der Waals surface area (Å²) in [5.41, 5.74) is -1.59. The predicted octanol–water partition coefficient (Wildman–Crippen LogP) is 1.33. The molecule has 0 bridgehead atoms. The molecular weight excluding hydrogens is 196 g/mol. The van der Waals surface area contributed by atoms with Gasteiger partial charge in [0.1, 0.15) is 11.3 Å². The van der Waals surface area contributed by atoms with Crippen molar-refractivity contribution in [3.8, 4) is 11.6 Å². The third-order valence-corrected chi connectivity index (χ3v) is 1.67. The normalized spacial score (nSPS) is 10.4. The maximum Gasteiger partial charge on any atom is 0.272 e. The van der Waals surface area contributed by atoms with Crippen LogP contribution < -0.4 is 15.0 Å². The predicted molar refractivity (Wildman–Crippen MR) is 45.1 cm³/mol. The molecule has 0 unspecified atom stereocenters. The van der Waals surface area contributed by atoms with Gasteiger partial charge in [0.05, 0.1) is 14.2 Å². The lowest BCUT2D eigenvalue weighted by Crippen LogP contribution is -2.15. The molecule has 1 aromatic rings. The molecule has 0 aliphatic heterocycles. The molecule has 1 rings (SSSR count). The van der Waals surface area contributed by atoms with Crippen LogP contribution in [0.2, 0.25) is 0 Å². The van der Waals surface area contributed by atoms with Gasteiger partial charge in [-0.1, -0.05) is 0 Å². The number of aromatic amines is 1. The summed E-state index contributed by atoms with van der Waals surface area (Å²) < 4.78 is 34.1. The topological polar surface area (TPSA) is 51.3 Å². The Labute approximate surface area is 78.5 Å². The van der Waals surface area contributed by atoms with Gasteiger partial charge in [0, 0.05) is 6.07 Å². The number of aromatic nitrogens is 1. The highest BCUT2D eigenvalue weighted by atomic mass is 19.3. The highest BCUT2D eigenvalue weighted by Gasteiger charge is 2.19. The van der Waals surface area contributed by atoms with Crippen LogP contribution in [0.25, 0.3) is 0 Å². The Bertz CT molecular complexity index is 375. The van der Waals surface area contributed by atoms with E-state index >= 15 is 0 Å². The number of hydrogen-bond acceptors (Lipinski definition) is 3. The molecule has 0 aliphatic rings. The van der Waals surface area contributed by atoms with Gasteiger partial charge >= 0.3 is 0 Å². The molecule has 0 radical (unpaired) electrons. The summed E-state index contributed by atoms with van der Waals surface area (Å²) in [6.07, 6.45) is -2.88. The fraction of sp³-hybridized carbons (Fsp3) is 0.375. The van der Waals surface area contributed by atoms with Crippen molar-refractivity contribution in [2.45, 2.75) is 6.43 Å². The lowest BCUT2D eigenvalue weighted by Gasteiger charge is -2.08. The molecule has 78 valence electrons. The Hall–Kier alpha value is -1.59. The zero-order valence-electron chi connectivity index (χ0n) is 7.64. The fourth-order valence-corrected chi connectivity index (χ4v) is 1.01. The smallest absolute Gasteiger partial charge is 0.272 e. The molecule has 0 spiro atoms. The molecule has 0 atom stereocenters. The van der Waals surface area contributed by atoms with E-state index in [9.17, 15) is 13.6 Å². The number of H-pyrrole nitrogens is 1. The summed E-state index contributed by atoms with van der Waals surface area (Å²) in [5, 5.41) is 0. The van der Waals surface area contributed by atoms with Gasteiger partial charge in [-0.05, 0) is 0 Å². The number of halogens is 2. The van der Waals surface area contributed by atoms with Crippen molar-refractivity contribution in [1.82, 2.24) is 4.98 Å². The van der Waals surface area contributed by atoms with Crippen molar-refractivity contribution in [2.75, 3.05) is 14.2 Å². The second-order valence-electron chi connectivity index (χ2n) is 2.45. The van der Waals surface area contributed by atoms with Gasteiger partial charge in [-0.2, -0.15) is 0 Å². The van der Waals surface area contributed by atoms with Gasteiger partial charge in [0.25, 0.3) is 12.0 Å². The summed E-state index contributed by atoms with van der Waals surface area (Å²) in [6.45, 7) is 0. The van der Waals surface area contributed by atoms with E-state index in [0.717, 1.165) is 0 Å². The first-order valence-electron chi connectivity index (χ1n) is 3.73. The van der Waals surface area contributed by atoms with E-state index in [1.54, 1.807) is 0 Å². The highest BCUT2D eigenvalue weighted by molar-refractivity contribution is 5.36. The first-order chi connectivity index (χ1) is 6.60. The SMILES string of the molecule is COc1cc(OC)c(C(F)F)c(=O)[nH]1. The van der Waals surface area contributed by atoms with E-state index in [4.69, 9.17) is 4.74 Å². The van der Waals surface area contributed by atoms with Crippen molar-refractivity contribution < 1.29 is 18.3 Å². The van der Waals surface area contributed by atoms with E-state index in [-0.39, 0.29) is 11.6 Å². The number of hydrogen-bond donors (Lipinski definition) is 1. The van der Waals surface area contributed by atoms with Crippen LogP contribution in [0.1, 0.15) is 12.0 Å². The minimum absolute atomic E-state index is 0.0799. The standard InChI is InChI=1S/C8H9F2NO3/c1-13-4-3-5(14-2)11-8(12)6(4)7(9)10/h3,7H,1-2H3,(H,11,12). The van der Waals surface area contributed by atoms with Crippen LogP contribution in [0, 0.1) is 0 Å². The fourth-order valence-electron chi connectivity index (χ4n) is 1.01.